The lowest BCUT2D eigenvalue weighted by Gasteiger charge is -2.26. The highest BCUT2D eigenvalue weighted by atomic mass is 16.5. The second-order valence-corrected chi connectivity index (χ2v) is 4.50. The van der Waals surface area contributed by atoms with Gasteiger partial charge in [0.2, 0.25) is 0 Å². The van der Waals surface area contributed by atoms with Gasteiger partial charge in [-0.1, -0.05) is 6.42 Å². The molecular formula is C10H18O2. The number of hydrogen-bond acceptors (Lipinski definition) is 2. The Labute approximate surface area is 74.3 Å². The van der Waals surface area contributed by atoms with E-state index in [0.717, 1.165) is 12.8 Å². The van der Waals surface area contributed by atoms with E-state index in [0.29, 0.717) is 12.5 Å². The number of hydrogen-bond donors (Lipinski definition) is 0. The van der Waals surface area contributed by atoms with Crippen LogP contribution in [0.25, 0.3) is 0 Å². The highest BCUT2D eigenvalue weighted by Crippen LogP contribution is 2.27. The lowest BCUT2D eigenvalue weighted by molar-refractivity contribution is -0.134. The number of ketones is 1. The van der Waals surface area contributed by atoms with Crippen molar-refractivity contribution in [3.05, 3.63) is 0 Å². The fourth-order valence-electron chi connectivity index (χ4n) is 1.14. The topological polar surface area (TPSA) is 26.3 Å². The van der Waals surface area contributed by atoms with E-state index in [1.165, 1.54) is 6.42 Å². The summed E-state index contributed by atoms with van der Waals surface area (Å²) in [6.07, 6.45) is 3.37. The third-order valence-electron chi connectivity index (χ3n) is 2.21. The summed E-state index contributed by atoms with van der Waals surface area (Å²) in [6.45, 7) is 6.22. The largest absolute Gasteiger partial charge is 0.368 e. The molecule has 1 aliphatic carbocycles. The van der Waals surface area contributed by atoms with Crippen LogP contribution in [-0.2, 0) is 9.53 Å². The smallest absolute Gasteiger partial charge is 0.161 e. The zero-order valence-corrected chi connectivity index (χ0v) is 8.22. The van der Waals surface area contributed by atoms with Crippen LogP contribution in [0, 0.1) is 5.92 Å². The van der Waals surface area contributed by atoms with Crippen molar-refractivity contribution >= 4 is 5.78 Å². The van der Waals surface area contributed by atoms with Crippen LogP contribution < -0.4 is 0 Å². The predicted molar refractivity (Wildman–Crippen MR) is 48.1 cm³/mol. The van der Waals surface area contributed by atoms with E-state index in [9.17, 15) is 4.79 Å². The number of carbonyl (C=O) groups is 1. The summed E-state index contributed by atoms with van der Waals surface area (Å²) in [5.41, 5.74) is -0.181. The lowest BCUT2D eigenvalue weighted by atomic mass is 9.82. The van der Waals surface area contributed by atoms with Crippen molar-refractivity contribution in [3.8, 4) is 0 Å². The molecule has 0 N–H and O–H groups in total. The van der Waals surface area contributed by atoms with Crippen LogP contribution >= 0.6 is 0 Å². The SMILES string of the molecule is CC(C)(C)OCC(=O)C1CCC1. The fourth-order valence-corrected chi connectivity index (χ4v) is 1.14. The van der Waals surface area contributed by atoms with Gasteiger partial charge < -0.3 is 4.74 Å². The summed E-state index contributed by atoms with van der Waals surface area (Å²) in [6, 6.07) is 0. The van der Waals surface area contributed by atoms with Crippen molar-refractivity contribution in [2.75, 3.05) is 6.61 Å². The summed E-state index contributed by atoms with van der Waals surface area (Å²) in [7, 11) is 0. The molecule has 2 nitrogen and oxygen atoms in total. The summed E-state index contributed by atoms with van der Waals surface area (Å²) in [4.78, 5) is 11.3. The molecule has 0 radical (unpaired) electrons. The van der Waals surface area contributed by atoms with Crippen LogP contribution in [0.15, 0.2) is 0 Å². The number of ether oxygens (including phenoxy) is 1. The van der Waals surface area contributed by atoms with Crippen molar-refractivity contribution < 1.29 is 9.53 Å². The molecule has 0 atom stereocenters. The van der Waals surface area contributed by atoms with Gasteiger partial charge in [0.1, 0.15) is 6.61 Å². The molecule has 0 heterocycles. The van der Waals surface area contributed by atoms with Gasteiger partial charge in [0, 0.05) is 5.92 Å². The molecule has 1 aliphatic rings. The molecule has 1 saturated carbocycles. The average molecular weight is 170 g/mol. The van der Waals surface area contributed by atoms with Gasteiger partial charge in [0.05, 0.1) is 5.60 Å². The quantitative estimate of drug-likeness (QED) is 0.649. The molecule has 0 unspecified atom stereocenters. The van der Waals surface area contributed by atoms with Gasteiger partial charge in [0.25, 0.3) is 0 Å². The van der Waals surface area contributed by atoms with Gasteiger partial charge in [-0.3, -0.25) is 4.79 Å². The van der Waals surface area contributed by atoms with Gasteiger partial charge in [-0.15, -0.1) is 0 Å². The van der Waals surface area contributed by atoms with Crippen LogP contribution in [0.4, 0.5) is 0 Å². The van der Waals surface area contributed by atoms with E-state index in [4.69, 9.17) is 4.74 Å². The summed E-state index contributed by atoms with van der Waals surface area (Å²) in [5, 5.41) is 0. The molecule has 0 spiro atoms. The zero-order chi connectivity index (χ0) is 9.19. The van der Waals surface area contributed by atoms with E-state index in [1.807, 2.05) is 20.8 Å². The van der Waals surface area contributed by atoms with Crippen molar-refractivity contribution in [3.63, 3.8) is 0 Å². The van der Waals surface area contributed by atoms with Crippen LogP contribution in [0.2, 0.25) is 0 Å². The zero-order valence-electron chi connectivity index (χ0n) is 8.22. The van der Waals surface area contributed by atoms with Gasteiger partial charge in [-0.2, -0.15) is 0 Å². The standard InChI is InChI=1S/C10H18O2/c1-10(2,3)12-7-9(11)8-5-4-6-8/h8H,4-7H2,1-3H3. The second-order valence-electron chi connectivity index (χ2n) is 4.50. The van der Waals surface area contributed by atoms with Crippen LogP contribution in [-0.4, -0.2) is 18.0 Å². The number of carbonyl (C=O) groups excluding carboxylic acids is 1. The predicted octanol–water partition coefficient (Wildman–Crippen LogP) is 2.17. The minimum absolute atomic E-state index is 0.181. The van der Waals surface area contributed by atoms with Crippen LogP contribution in [0.3, 0.4) is 0 Å². The first-order valence-electron chi connectivity index (χ1n) is 4.66. The molecule has 0 aromatic carbocycles. The lowest BCUT2D eigenvalue weighted by Crippen LogP contribution is -2.30. The Kier molecular flexibility index (Phi) is 2.89. The molecule has 0 bridgehead atoms. The van der Waals surface area contributed by atoms with E-state index >= 15 is 0 Å². The van der Waals surface area contributed by atoms with Gasteiger partial charge in [-0.25, -0.2) is 0 Å². The van der Waals surface area contributed by atoms with Crippen LogP contribution in [0.1, 0.15) is 40.0 Å². The molecule has 2 heteroatoms. The number of Topliss-reactive ketones (excluding diaryl/α,β-unsaturated/α-hetero) is 1. The maximum Gasteiger partial charge on any atom is 0.161 e. The molecule has 0 saturated heterocycles. The minimum atomic E-state index is -0.181. The molecule has 0 aromatic heterocycles. The van der Waals surface area contributed by atoms with Gasteiger partial charge in [-0.05, 0) is 33.6 Å². The minimum Gasteiger partial charge on any atom is -0.368 e. The third kappa shape index (κ3) is 2.94. The van der Waals surface area contributed by atoms with E-state index < -0.39 is 0 Å². The maximum absolute atomic E-state index is 11.3. The summed E-state index contributed by atoms with van der Waals surface area (Å²) in [5.74, 6) is 0.600. The van der Waals surface area contributed by atoms with Crippen molar-refractivity contribution in [2.45, 2.75) is 45.6 Å². The Bertz CT molecular complexity index is 163. The summed E-state index contributed by atoms with van der Waals surface area (Å²) >= 11 is 0. The van der Waals surface area contributed by atoms with Crippen molar-refractivity contribution in [2.24, 2.45) is 5.92 Å². The van der Waals surface area contributed by atoms with Crippen molar-refractivity contribution in [1.29, 1.82) is 0 Å². The van der Waals surface area contributed by atoms with Crippen molar-refractivity contribution in [1.82, 2.24) is 0 Å². The normalized spacial score (nSPS) is 18.9. The van der Waals surface area contributed by atoms with E-state index in [-0.39, 0.29) is 11.4 Å². The van der Waals surface area contributed by atoms with E-state index in [2.05, 4.69) is 0 Å². The average Bonchev–Trinajstić information content (AvgIpc) is 1.78. The first kappa shape index (κ1) is 9.72. The Morgan fingerprint density at radius 1 is 1.42 bits per heavy atom. The first-order chi connectivity index (χ1) is 5.49. The van der Waals surface area contributed by atoms with E-state index in [1.54, 1.807) is 0 Å². The maximum atomic E-state index is 11.3. The summed E-state index contributed by atoms with van der Waals surface area (Å²) < 4.78 is 5.40. The Morgan fingerprint density at radius 2 is 2.00 bits per heavy atom. The molecular weight excluding hydrogens is 152 g/mol. The Morgan fingerprint density at radius 3 is 2.33 bits per heavy atom. The highest BCUT2D eigenvalue weighted by molar-refractivity contribution is 5.82. The molecule has 0 aromatic rings. The first-order valence-corrected chi connectivity index (χ1v) is 4.66. The fraction of sp³-hybridized carbons (Fsp3) is 0.900. The van der Waals surface area contributed by atoms with Gasteiger partial charge >= 0.3 is 0 Å². The monoisotopic (exact) mass is 170 g/mol. The molecule has 0 amide bonds. The Hall–Kier alpha value is -0.370. The van der Waals surface area contributed by atoms with Gasteiger partial charge in [0.15, 0.2) is 5.78 Å². The molecule has 70 valence electrons. The van der Waals surface area contributed by atoms with Crippen LogP contribution in [0.5, 0.6) is 0 Å². The molecule has 0 aliphatic heterocycles. The third-order valence-corrected chi connectivity index (χ3v) is 2.21. The molecule has 1 rings (SSSR count). The molecule has 12 heavy (non-hydrogen) atoms. The second kappa shape index (κ2) is 3.56. The molecule has 1 fully saturated rings. The highest BCUT2D eigenvalue weighted by Gasteiger charge is 2.26. The number of rotatable bonds is 3. The Balaban J connectivity index is 2.18.